The van der Waals surface area contributed by atoms with Crippen LogP contribution in [0.3, 0.4) is 0 Å². The van der Waals surface area contributed by atoms with E-state index >= 15 is 0 Å². The molecule has 0 radical (unpaired) electrons. The fraction of sp³-hybridized carbons (Fsp3) is 0.500. The summed E-state index contributed by atoms with van der Waals surface area (Å²) in [4.78, 5) is 114. The Balaban J connectivity index is 1.60. The van der Waals surface area contributed by atoms with Crippen LogP contribution in [0.15, 0.2) is 121 Å². The van der Waals surface area contributed by atoms with Crippen molar-refractivity contribution in [2.75, 3.05) is 0 Å². The summed E-state index contributed by atoms with van der Waals surface area (Å²) in [5, 5.41) is 23.7. The van der Waals surface area contributed by atoms with Gasteiger partial charge in [0.15, 0.2) is 0 Å². The molecule has 81 heavy (non-hydrogen) atoms. The molecule has 6 atom stereocenters. The van der Waals surface area contributed by atoms with Gasteiger partial charge in [0.05, 0.1) is 35.9 Å². The average molecular weight is 1120 g/mol. The molecule has 4 aromatic carbocycles. The number of hydrogen-bond donors (Lipinski definition) is 8. The van der Waals surface area contributed by atoms with Crippen LogP contribution < -0.4 is 42.5 Å². The van der Waals surface area contributed by atoms with Crippen molar-refractivity contribution in [3.63, 3.8) is 0 Å². The van der Waals surface area contributed by atoms with Gasteiger partial charge in [-0.15, -0.1) is 0 Å². The molecule has 0 spiro atoms. The van der Waals surface area contributed by atoms with Gasteiger partial charge in [0, 0.05) is 6.54 Å². The van der Waals surface area contributed by atoms with E-state index in [1.165, 1.54) is 13.8 Å². The number of amides is 8. The molecule has 0 heterocycles. The quantitative estimate of drug-likeness (QED) is 0.0270. The van der Waals surface area contributed by atoms with Gasteiger partial charge in [-0.05, 0) is 118 Å². The van der Waals surface area contributed by atoms with Gasteiger partial charge < -0.3 is 47.3 Å². The van der Waals surface area contributed by atoms with Gasteiger partial charge in [-0.3, -0.25) is 33.6 Å². The van der Waals surface area contributed by atoms with Gasteiger partial charge in [-0.2, -0.15) is 0 Å². The summed E-state index contributed by atoms with van der Waals surface area (Å²) in [6.07, 6.45) is 1.79. The predicted molar refractivity (Wildman–Crippen MR) is 316 cm³/mol. The van der Waals surface area contributed by atoms with Crippen LogP contribution in [0.5, 0.6) is 0 Å². The van der Waals surface area contributed by atoms with Crippen molar-refractivity contribution in [2.24, 2.45) is 17.8 Å². The Labute approximate surface area is 480 Å². The monoisotopic (exact) mass is 1110 g/mol. The lowest BCUT2D eigenvalue weighted by molar-refractivity contribution is -0.139. The number of carbonyl (C=O) groups is 8. The zero-order chi connectivity index (χ0) is 60.3. The minimum absolute atomic E-state index is 0.271. The summed E-state index contributed by atoms with van der Waals surface area (Å²) in [6, 6.07) is 33.8. The van der Waals surface area contributed by atoms with Crippen LogP contribution in [0.4, 0.5) is 4.79 Å². The number of alkyl carbamates (subject to hydrolysis) is 1. The predicted octanol–water partition coefficient (Wildman–Crippen LogP) is 9.11. The SMILES string of the molecule is CCC[C@@H](C(=O)NC(C)(C)C(=O)N[C@@H](c1ccccc1)[C@@H](CCC)C(=O)NC(C)(C)C(=O)N[C@@H](c1ccccc1)[C@@H](CCC)C(=O)NC(C)(C)C(=O)NCc1ccccc1)[C@@H](NC(=O)C(C)(C)NC(=O)OC(C)(C)C)c1ccccc1. The van der Waals surface area contributed by atoms with Crippen molar-refractivity contribution in [1.82, 2.24) is 42.5 Å². The fourth-order valence-electron chi connectivity index (χ4n) is 9.46. The summed E-state index contributed by atoms with van der Waals surface area (Å²) in [6.45, 7) is 23.8. The summed E-state index contributed by atoms with van der Waals surface area (Å²) in [5.41, 5.74) is -3.96. The van der Waals surface area contributed by atoms with Crippen molar-refractivity contribution in [2.45, 2.75) is 188 Å². The Hall–Kier alpha value is -7.56. The molecule has 17 nitrogen and oxygen atoms in total. The van der Waals surface area contributed by atoms with E-state index in [0.29, 0.717) is 48.8 Å². The lowest BCUT2D eigenvalue weighted by atomic mass is 9.85. The maximum absolute atomic E-state index is 14.9. The van der Waals surface area contributed by atoms with Crippen molar-refractivity contribution >= 4 is 47.4 Å². The van der Waals surface area contributed by atoms with Gasteiger partial charge in [0.25, 0.3) is 0 Å². The van der Waals surface area contributed by atoms with Crippen molar-refractivity contribution in [1.29, 1.82) is 0 Å². The van der Waals surface area contributed by atoms with E-state index in [-0.39, 0.29) is 18.9 Å². The number of benzene rings is 4. The molecule has 0 aliphatic carbocycles. The molecule has 8 amide bonds. The van der Waals surface area contributed by atoms with Crippen molar-refractivity contribution in [3.05, 3.63) is 144 Å². The van der Waals surface area contributed by atoms with E-state index in [0.717, 1.165) is 5.56 Å². The summed E-state index contributed by atoms with van der Waals surface area (Å²) >= 11 is 0. The Morgan fingerprint density at radius 1 is 0.383 bits per heavy atom. The molecule has 0 unspecified atom stereocenters. The van der Waals surface area contributed by atoms with Crippen LogP contribution in [0, 0.1) is 17.8 Å². The minimum atomic E-state index is -1.58. The van der Waals surface area contributed by atoms with E-state index in [1.54, 1.807) is 111 Å². The molecule has 0 saturated heterocycles. The van der Waals surface area contributed by atoms with Gasteiger partial charge in [-0.1, -0.05) is 161 Å². The minimum Gasteiger partial charge on any atom is -0.444 e. The average Bonchev–Trinajstić information content (AvgIpc) is 3.48. The Bertz CT molecular complexity index is 2730. The first-order chi connectivity index (χ1) is 38.0. The Morgan fingerprint density at radius 3 is 0.938 bits per heavy atom. The first-order valence-corrected chi connectivity index (χ1v) is 28.3. The van der Waals surface area contributed by atoms with E-state index in [9.17, 15) is 38.4 Å². The maximum atomic E-state index is 14.9. The third kappa shape index (κ3) is 19.6. The lowest BCUT2D eigenvalue weighted by Gasteiger charge is -2.37. The van der Waals surface area contributed by atoms with E-state index in [1.807, 2.05) is 93.6 Å². The van der Waals surface area contributed by atoms with E-state index in [2.05, 4.69) is 42.5 Å². The summed E-state index contributed by atoms with van der Waals surface area (Å²) in [5.74, 6) is -6.25. The van der Waals surface area contributed by atoms with Crippen LogP contribution in [0.25, 0.3) is 0 Å². The van der Waals surface area contributed by atoms with Crippen LogP contribution in [0.1, 0.15) is 176 Å². The smallest absolute Gasteiger partial charge is 0.408 e. The molecule has 0 saturated carbocycles. The third-order valence-electron chi connectivity index (χ3n) is 14.0. The molecule has 0 aromatic heterocycles. The molecule has 0 fully saturated rings. The zero-order valence-corrected chi connectivity index (χ0v) is 50.1. The van der Waals surface area contributed by atoms with Crippen LogP contribution in [-0.4, -0.2) is 75.2 Å². The number of hydrogen-bond acceptors (Lipinski definition) is 9. The van der Waals surface area contributed by atoms with Gasteiger partial charge >= 0.3 is 6.09 Å². The molecular formula is C64H90N8O9. The molecule has 8 N–H and O–H groups in total. The standard InChI is InChI=1S/C64H90N8O9/c1-15-30-46(52(73)69-61(7,8)55(76)65-41-42-33-22-18-23-34-42)49(43-35-24-19-25-36-43)66-56(77)62(9,10)70-53(74)47(31-16-2)50(44-37-26-20-27-38-44)67-57(78)63(11,12)71-54(75)48(32-17-3)51(45-39-28-21-29-40-45)68-58(79)64(13,14)72-59(80)81-60(4,5)6/h18-29,33-40,46-51H,15-17,30-32,41H2,1-14H3,(H,65,76)(H,66,77)(H,67,78)(H,68,79)(H,69,73)(H,70,74)(H,71,75)(H,72,80)/t46-,47-,48-,49+,50+,51+/m1/s1. The van der Waals surface area contributed by atoms with Crippen LogP contribution in [-0.2, 0) is 44.8 Å². The zero-order valence-electron chi connectivity index (χ0n) is 50.1. The number of carbonyl (C=O) groups excluding carboxylic acids is 8. The number of rotatable bonds is 28. The highest BCUT2D eigenvalue weighted by molar-refractivity contribution is 5.96. The molecule has 0 bridgehead atoms. The normalized spacial score (nSPS) is 14.2. The third-order valence-corrected chi connectivity index (χ3v) is 14.0. The second-order valence-corrected chi connectivity index (χ2v) is 24.0. The fourth-order valence-corrected chi connectivity index (χ4v) is 9.46. The van der Waals surface area contributed by atoms with Gasteiger partial charge in [0.1, 0.15) is 27.8 Å². The first-order valence-electron chi connectivity index (χ1n) is 28.3. The summed E-state index contributed by atoms with van der Waals surface area (Å²) < 4.78 is 5.43. The summed E-state index contributed by atoms with van der Waals surface area (Å²) in [7, 11) is 0. The highest BCUT2D eigenvalue weighted by Gasteiger charge is 2.44. The molecule has 4 rings (SSSR count). The van der Waals surface area contributed by atoms with Crippen LogP contribution >= 0.6 is 0 Å². The highest BCUT2D eigenvalue weighted by Crippen LogP contribution is 2.32. The Kier molecular flexibility index (Phi) is 23.8. The van der Waals surface area contributed by atoms with E-state index in [4.69, 9.17) is 4.74 Å². The Morgan fingerprint density at radius 2 is 0.654 bits per heavy atom. The molecule has 0 aliphatic heterocycles. The van der Waals surface area contributed by atoms with Crippen LogP contribution in [0.2, 0.25) is 0 Å². The molecule has 4 aromatic rings. The highest BCUT2D eigenvalue weighted by atomic mass is 16.6. The topological polar surface area (TPSA) is 242 Å². The molecule has 17 heteroatoms. The molecule has 0 aliphatic rings. The van der Waals surface area contributed by atoms with Gasteiger partial charge in [0.2, 0.25) is 41.4 Å². The second kappa shape index (κ2) is 29.2. The van der Waals surface area contributed by atoms with E-state index < -0.39 is 105 Å². The van der Waals surface area contributed by atoms with Crippen molar-refractivity contribution in [3.8, 4) is 0 Å². The van der Waals surface area contributed by atoms with Crippen molar-refractivity contribution < 1.29 is 43.1 Å². The molecular weight excluding hydrogens is 1020 g/mol. The number of ether oxygens (including phenoxy) is 1. The molecule has 440 valence electrons. The largest absolute Gasteiger partial charge is 0.444 e. The second-order valence-electron chi connectivity index (χ2n) is 24.0. The maximum Gasteiger partial charge on any atom is 0.408 e. The lowest BCUT2D eigenvalue weighted by Crippen LogP contribution is -2.61. The number of nitrogens with one attached hydrogen (secondary N) is 8. The first kappa shape index (κ1) is 66.0. The van der Waals surface area contributed by atoms with Gasteiger partial charge in [-0.25, -0.2) is 4.79 Å².